The van der Waals surface area contributed by atoms with Crippen LogP contribution in [0.1, 0.15) is 25.8 Å². The minimum Gasteiger partial charge on any atom is -0.394 e. The first-order chi connectivity index (χ1) is 8.03. The fraction of sp³-hybridized carbons (Fsp3) is 0.462. The molecule has 1 aromatic rings. The van der Waals surface area contributed by atoms with Gasteiger partial charge in [-0.2, -0.15) is 0 Å². The van der Waals surface area contributed by atoms with Crippen molar-refractivity contribution in [2.24, 2.45) is 5.73 Å². The van der Waals surface area contributed by atoms with Crippen LogP contribution in [-0.4, -0.2) is 23.7 Å². The molecule has 0 aliphatic carbocycles. The van der Waals surface area contributed by atoms with Gasteiger partial charge in [0, 0.05) is 0 Å². The minimum absolute atomic E-state index is 0.167. The van der Waals surface area contributed by atoms with E-state index < -0.39 is 11.6 Å². The molecule has 0 aromatic heterocycles. The van der Waals surface area contributed by atoms with E-state index in [1.165, 1.54) is 0 Å². The van der Waals surface area contributed by atoms with Gasteiger partial charge in [-0.25, -0.2) is 0 Å². The quantitative estimate of drug-likeness (QED) is 0.706. The molecule has 0 bridgehead atoms. The Hall–Kier alpha value is -1.39. The second kappa shape index (κ2) is 5.80. The van der Waals surface area contributed by atoms with Gasteiger partial charge in [0.1, 0.15) is 0 Å². The van der Waals surface area contributed by atoms with E-state index in [2.05, 4.69) is 5.32 Å². The standard InChI is InChI=1S/C13H20N2O2/c1-3-11(14)12(17)15-13(2,9-16)10-7-5-4-6-8-10/h4-8,11,16H,3,9,14H2,1-2H3,(H,15,17)/t11-,13?/m1/s1. The maximum atomic E-state index is 11.8. The summed E-state index contributed by atoms with van der Waals surface area (Å²) in [6, 6.07) is 8.83. The lowest BCUT2D eigenvalue weighted by molar-refractivity contribution is -0.124. The molecule has 0 fully saturated rings. The number of aliphatic hydroxyl groups is 1. The first kappa shape index (κ1) is 13.7. The zero-order chi connectivity index (χ0) is 12.9. The summed E-state index contributed by atoms with van der Waals surface area (Å²) in [7, 11) is 0. The highest BCUT2D eigenvalue weighted by Crippen LogP contribution is 2.19. The summed E-state index contributed by atoms with van der Waals surface area (Å²) < 4.78 is 0. The van der Waals surface area contributed by atoms with Crippen LogP contribution in [0.25, 0.3) is 0 Å². The van der Waals surface area contributed by atoms with Crippen molar-refractivity contribution in [2.45, 2.75) is 31.8 Å². The summed E-state index contributed by atoms with van der Waals surface area (Å²) in [5.74, 6) is -0.243. The van der Waals surface area contributed by atoms with Crippen molar-refractivity contribution in [2.75, 3.05) is 6.61 Å². The number of carbonyl (C=O) groups excluding carboxylic acids is 1. The van der Waals surface area contributed by atoms with E-state index >= 15 is 0 Å². The van der Waals surface area contributed by atoms with Crippen LogP contribution in [0.2, 0.25) is 0 Å². The number of rotatable bonds is 5. The molecular formula is C13H20N2O2. The van der Waals surface area contributed by atoms with Gasteiger partial charge in [-0.1, -0.05) is 37.3 Å². The van der Waals surface area contributed by atoms with Crippen molar-refractivity contribution in [1.82, 2.24) is 5.32 Å². The second-order valence-corrected chi connectivity index (χ2v) is 4.36. The van der Waals surface area contributed by atoms with Crippen molar-refractivity contribution < 1.29 is 9.90 Å². The number of hydrogen-bond acceptors (Lipinski definition) is 3. The van der Waals surface area contributed by atoms with Crippen LogP contribution in [-0.2, 0) is 10.3 Å². The van der Waals surface area contributed by atoms with Crippen molar-refractivity contribution in [3.05, 3.63) is 35.9 Å². The van der Waals surface area contributed by atoms with Crippen LogP contribution in [0.4, 0.5) is 0 Å². The molecule has 0 aliphatic heterocycles. The molecule has 0 spiro atoms. The second-order valence-electron chi connectivity index (χ2n) is 4.36. The van der Waals surface area contributed by atoms with E-state index in [1.807, 2.05) is 37.3 Å². The van der Waals surface area contributed by atoms with E-state index in [0.29, 0.717) is 6.42 Å². The predicted molar refractivity (Wildman–Crippen MR) is 67.3 cm³/mol. The van der Waals surface area contributed by atoms with Gasteiger partial charge in [-0.3, -0.25) is 4.79 Å². The van der Waals surface area contributed by atoms with Crippen LogP contribution in [0.5, 0.6) is 0 Å². The highest BCUT2D eigenvalue weighted by molar-refractivity contribution is 5.82. The van der Waals surface area contributed by atoms with Gasteiger partial charge in [0.25, 0.3) is 0 Å². The Kier molecular flexibility index (Phi) is 4.66. The molecular weight excluding hydrogens is 216 g/mol. The van der Waals surface area contributed by atoms with E-state index in [4.69, 9.17) is 5.73 Å². The molecule has 0 aliphatic rings. The Balaban J connectivity index is 2.87. The molecule has 4 nitrogen and oxygen atoms in total. The van der Waals surface area contributed by atoms with Gasteiger partial charge >= 0.3 is 0 Å². The van der Waals surface area contributed by atoms with Crippen molar-refractivity contribution in [3.63, 3.8) is 0 Å². The van der Waals surface area contributed by atoms with E-state index in [0.717, 1.165) is 5.56 Å². The van der Waals surface area contributed by atoms with Crippen LogP contribution < -0.4 is 11.1 Å². The highest BCUT2D eigenvalue weighted by atomic mass is 16.3. The zero-order valence-corrected chi connectivity index (χ0v) is 10.3. The molecule has 1 rings (SSSR count). The highest BCUT2D eigenvalue weighted by Gasteiger charge is 2.29. The maximum absolute atomic E-state index is 11.8. The molecule has 0 saturated heterocycles. The van der Waals surface area contributed by atoms with Crippen LogP contribution in [0.15, 0.2) is 30.3 Å². The third-order valence-corrected chi connectivity index (χ3v) is 2.90. The number of nitrogens with one attached hydrogen (secondary N) is 1. The Morgan fingerprint density at radius 3 is 2.53 bits per heavy atom. The van der Waals surface area contributed by atoms with E-state index in [1.54, 1.807) is 6.92 Å². The van der Waals surface area contributed by atoms with Gasteiger partial charge in [-0.15, -0.1) is 0 Å². The molecule has 1 aromatic carbocycles. The number of benzene rings is 1. The topological polar surface area (TPSA) is 75.4 Å². The van der Waals surface area contributed by atoms with Crippen LogP contribution in [0, 0.1) is 0 Å². The first-order valence-corrected chi connectivity index (χ1v) is 5.77. The Labute approximate surface area is 102 Å². The normalized spacial score (nSPS) is 16.0. The Morgan fingerprint density at radius 2 is 2.06 bits per heavy atom. The summed E-state index contributed by atoms with van der Waals surface area (Å²) in [6.45, 7) is 3.46. The summed E-state index contributed by atoms with van der Waals surface area (Å²) in [5.41, 5.74) is 5.74. The average Bonchev–Trinajstić information content (AvgIpc) is 2.38. The maximum Gasteiger partial charge on any atom is 0.237 e. The van der Waals surface area contributed by atoms with Gasteiger partial charge < -0.3 is 16.2 Å². The Bertz CT molecular complexity index is 367. The SMILES string of the molecule is CC[C@@H](N)C(=O)NC(C)(CO)c1ccccc1. The summed E-state index contributed by atoms with van der Waals surface area (Å²) in [4.78, 5) is 11.8. The molecule has 17 heavy (non-hydrogen) atoms. The van der Waals surface area contributed by atoms with Crippen molar-refractivity contribution in [3.8, 4) is 0 Å². The fourth-order valence-corrected chi connectivity index (χ4v) is 1.56. The first-order valence-electron chi connectivity index (χ1n) is 5.77. The van der Waals surface area contributed by atoms with Gasteiger partial charge in [0.05, 0.1) is 18.2 Å². The molecule has 0 radical (unpaired) electrons. The Morgan fingerprint density at radius 1 is 1.47 bits per heavy atom. The van der Waals surface area contributed by atoms with Crippen molar-refractivity contribution >= 4 is 5.91 Å². The predicted octanol–water partition coefficient (Wildman–Crippen LogP) is 0.748. The smallest absolute Gasteiger partial charge is 0.237 e. The number of aliphatic hydroxyl groups excluding tert-OH is 1. The van der Waals surface area contributed by atoms with Gasteiger partial charge in [0.15, 0.2) is 0 Å². The van der Waals surface area contributed by atoms with Gasteiger partial charge in [0.2, 0.25) is 5.91 Å². The fourth-order valence-electron chi connectivity index (χ4n) is 1.56. The van der Waals surface area contributed by atoms with Crippen LogP contribution in [0.3, 0.4) is 0 Å². The molecule has 1 amide bonds. The third kappa shape index (κ3) is 3.28. The lowest BCUT2D eigenvalue weighted by Gasteiger charge is -2.30. The lowest BCUT2D eigenvalue weighted by Crippen LogP contribution is -2.52. The van der Waals surface area contributed by atoms with E-state index in [9.17, 15) is 9.90 Å². The molecule has 4 N–H and O–H groups in total. The van der Waals surface area contributed by atoms with E-state index in [-0.39, 0.29) is 12.5 Å². The monoisotopic (exact) mass is 236 g/mol. The molecule has 0 heterocycles. The summed E-state index contributed by atoms with van der Waals surface area (Å²) >= 11 is 0. The van der Waals surface area contributed by atoms with Crippen LogP contribution >= 0.6 is 0 Å². The number of nitrogens with two attached hydrogens (primary N) is 1. The third-order valence-electron chi connectivity index (χ3n) is 2.90. The molecule has 4 heteroatoms. The summed E-state index contributed by atoms with van der Waals surface area (Å²) in [6.07, 6.45) is 0.572. The lowest BCUT2D eigenvalue weighted by atomic mass is 9.92. The number of hydrogen-bond donors (Lipinski definition) is 3. The molecule has 0 saturated carbocycles. The molecule has 94 valence electrons. The van der Waals surface area contributed by atoms with Crippen molar-refractivity contribution in [1.29, 1.82) is 0 Å². The zero-order valence-electron chi connectivity index (χ0n) is 10.3. The largest absolute Gasteiger partial charge is 0.394 e. The van der Waals surface area contributed by atoms with Gasteiger partial charge in [-0.05, 0) is 18.9 Å². The molecule has 1 unspecified atom stereocenters. The number of amides is 1. The summed E-state index contributed by atoms with van der Waals surface area (Å²) in [5, 5.41) is 12.3. The number of carbonyl (C=O) groups is 1. The average molecular weight is 236 g/mol. The minimum atomic E-state index is -0.787. The molecule has 2 atom stereocenters.